The SMILES string of the molecule is CCCn1c(=O)[nH]c(=O)c2c1nc(-c1ccc(-c3ccccc3Br)o1)n2CCOC. The van der Waals surface area contributed by atoms with Gasteiger partial charge in [-0.2, -0.15) is 0 Å². The van der Waals surface area contributed by atoms with E-state index in [-0.39, 0.29) is 0 Å². The molecular formula is C21H21BrN4O4. The Hall–Kier alpha value is -2.91. The third-order valence-corrected chi connectivity index (χ3v) is 5.51. The van der Waals surface area contributed by atoms with Crippen molar-refractivity contribution in [2.45, 2.75) is 26.4 Å². The fraction of sp³-hybridized carbons (Fsp3) is 0.286. The van der Waals surface area contributed by atoms with Crippen molar-refractivity contribution in [1.29, 1.82) is 0 Å². The fourth-order valence-electron chi connectivity index (χ4n) is 3.46. The average molecular weight is 473 g/mol. The normalized spacial score (nSPS) is 11.4. The minimum atomic E-state index is -0.477. The Morgan fingerprint density at radius 1 is 1.10 bits per heavy atom. The molecule has 8 nitrogen and oxygen atoms in total. The molecule has 30 heavy (non-hydrogen) atoms. The van der Waals surface area contributed by atoms with Crippen molar-refractivity contribution in [1.82, 2.24) is 19.1 Å². The number of hydrogen-bond acceptors (Lipinski definition) is 5. The van der Waals surface area contributed by atoms with E-state index in [1.54, 1.807) is 11.7 Å². The molecule has 0 fully saturated rings. The van der Waals surface area contributed by atoms with Crippen LogP contribution in [0.5, 0.6) is 0 Å². The van der Waals surface area contributed by atoms with E-state index in [1.165, 1.54) is 4.57 Å². The van der Waals surface area contributed by atoms with Gasteiger partial charge in [0.15, 0.2) is 22.7 Å². The monoisotopic (exact) mass is 472 g/mol. The molecule has 0 aliphatic rings. The van der Waals surface area contributed by atoms with Crippen LogP contribution in [-0.4, -0.2) is 32.8 Å². The largest absolute Gasteiger partial charge is 0.453 e. The van der Waals surface area contributed by atoms with Crippen molar-refractivity contribution in [3.63, 3.8) is 0 Å². The zero-order chi connectivity index (χ0) is 21.3. The van der Waals surface area contributed by atoms with E-state index < -0.39 is 11.2 Å². The fourth-order valence-corrected chi connectivity index (χ4v) is 3.94. The number of aromatic amines is 1. The number of rotatable bonds is 7. The number of nitrogens with one attached hydrogen (secondary N) is 1. The van der Waals surface area contributed by atoms with Gasteiger partial charge < -0.3 is 13.7 Å². The molecule has 3 heterocycles. The molecule has 0 saturated carbocycles. The molecule has 0 bridgehead atoms. The van der Waals surface area contributed by atoms with Crippen molar-refractivity contribution in [2.24, 2.45) is 0 Å². The first-order valence-electron chi connectivity index (χ1n) is 9.62. The van der Waals surface area contributed by atoms with E-state index in [0.717, 1.165) is 16.5 Å². The van der Waals surface area contributed by atoms with Gasteiger partial charge in [0.2, 0.25) is 0 Å². The molecule has 0 unspecified atom stereocenters. The number of aryl methyl sites for hydroxylation is 1. The molecule has 0 radical (unpaired) electrons. The van der Waals surface area contributed by atoms with Crippen LogP contribution in [0.1, 0.15) is 13.3 Å². The lowest BCUT2D eigenvalue weighted by Gasteiger charge is -2.07. The van der Waals surface area contributed by atoms with Crippen LogP contribution < -0.4 is 11.2 Å². The Bertz CT molecular complexity index is 1310. The summed E-state index contributed by atoms with van der Waals surface area (Å²) < 4.78 is 15.5. The smallest absolute Gasteiger partial charge is 0.330 e. The van der Waals surface area contributed by atoms with Gasteiger partial charge in [-0.15, -0.1) is 0 Å². The number of benzene rings is 1. The van der Waals surface area contributed by atoms with Gasteiger partial charge in [0.05, 0.1) is 6.61 Å². The third kappa shape index (κ3) is 3.54. The molecule has 0 atom stereocenters. The second-order valence-corrected chi connectivity index (χ2v) is 7.66. The zero-order valence-corrected chi connectivity index (χ0v) is 18.2. The highest BCUT2D eigenvalue weighted by atomic mass is 79.9. The lowest BCUT2D eigenvalue weighted by atomic mass is 10.2. The number of methoxy groups -OCH3 is 1. The van der Waals surface area contributed by atoms with Crippen molar-refractivity contribution in [3.05, 3.63) is 61.7 Å². The van der Waals surface area contributed by atoms with Gasteiger partial charge >= 0.3 is 5.69 Å². The Morgan fingerprint density at radius 3 is 2.60 bits per heavy atom. The summed E-state index contributed by atoms with van der Waals surface area (Å²) in [6.07, 6.45) is 0.730. The maximum Gasteiger partial charge on any atom is 0.330 e. The van der Waals surface area contributed by atoms with Crippen LogP contribution in [0.25, 0.3) is 34.1 Å². The van der Waals surface area contributed by atoms with Gasteiger partial charge in [-0.05, 0) is 24.6 Å². The van der Waals surface area contributed by atoms with Gasteiger partial charge in [0.1, 0.15) is 5.76 Å². The number of imidazole rings is 1. The topological polar surface area (TPSA) is 95.0 Å². The first kappa shape index (κ1) is 20.4. The minimum absolute atomic E-state index is 0.328. The molecule has 9 heteroatoms. The Kier molecular flexibility index (Phi) is 5.74. The van der Waals surface area contributed by atoms with E-state index >= 15 is 0 Å². The van der Waals surface area contributed by atoms with Gasteiger partial charge in [-0.1, -0.05) is 41.1 Å². The zero-order valence-electron chi connectivity index (χ0n) is 16.6. The number of fused-ring (bicyclic) bond motifs is 1. The molecule has 0 spiro atoms. The highest BCUT2D eigenvalue weighted by Crippen LogP contribution is 2.33. The van der Waals surface area contributed by atoms with Crippen LogP contribution in [0, 0.1) is 0 Å². The minimum Gasteiger partial charge on any atom is -0.453 e. The second-order valence-electron chi connectivity index (χ2n) is 6.81. The van der Waals surface area contributed by atoms with E-state index in [2.05, 4.69) is 25.9 Å². The summed E-state index contributed by atoms with van der Waals surface area (Å²) in [6.45, 7) is 3.18. The summed E-state index contributed by atoms with van der Waals surface area (Å²) in [5.74, 6) is 1.65. The van der Waals surface area contributed by atoms with Gasteiger partial charge in [0.25, 0.3) is 5.56 Å². The molecule has 1 N–H and O–H groups in total. The molecule has 0 aliphatic heterocycles. The predicted octanol–water partition coefficient (Wildman–Crippen LogP) is 3.63. The van der Waals surface area contributed by atoms with Crippen molar-refractivity contribution < 1.29 is 9.15 Å². The Morgan fingerprint density at radius 2 is 1.87 bits per heavy atom. The quantitative estimate of drug-likeness (QED) is 0.443. The highest BCUT2D eigenvalue weighted by molar-refractivity contribution is 9.10. The first-order chi connectivity index (χ1) is 14.5. The summed E-state index contributed by atoms with van der Waals surface area (Å²) in [7, 11) is 1.59. The van der Waals surface area contributed by atoms with Gasteiger partial charge in [-0.3, -0.25) is 14.3 Å². The molecule has 4 rings (SSSR count). The van der Waals surface area contributed by atoms with Crippen molar-refractivity contribution in [2.75, 3.05) is 13.7 Å². The standard InChI is InChI=1S/C21H21BrN4O4/c1-3-10-26-19-17(20(27)24-21(26)28)25(11-12-29-2)18(23-19)16-9-8-15(30-16)13-6-4-5-7-14(13)22/h4-9H,3,10-12H2,1-2H3,(H,24,27,28). The van der Waals surface area contributed by atoms with Crippen molar-refractivity contribution >= 4 is 27.1 Å². The maximum atomic E-state index is 12.6. The lowest BCUT2D eigenvalue weighted by Crippen LogP contribution is -2.31. The van der Waals surface area contributed by atoms with E-state index in [9.17, 15) is 9.59 Å². The van der Waals surface area contributed by atoms with Crippen LogP contribution in [-0.2, 0) is 17.8 Å². The van der Waals surface area contributed by atoms with Crippen LogP contribution in [0.3, 0.4) is 0 Å². The summed E-state index contributed by atoms with van der Waals surface area (Å²) >= 11 is 3.54. The summed E-state index contributed by atoms with van der Waals surface area (Å²) in [4.78, 5) is 32.0. The Labute approximate surface area is 180 Å². The molecular weight excluding hydrogens is 452 g/mol. The number of nitrogens with zero attached hydrogens (tertiary/aromatic N) is 3. The number of halogens is 1. The molecule has 0 aliphatic carbocycles. The third-order valence-electron chi connectivity index (χ3n) is 4.82. The van der Waals surface area contributed by atoms with E-state index in [0.29, 0.717) is 48.2 Å². The summed E-state index contributed by atoms with van der Waals surface area (Å²) in [6, 6.07) is 11.4. The number of hydrogen-bond donors (Lipinski definition) is 1. The second kappa shape index (κ2) is 8.45. The number of H-pyrrole nitrogens is 1. The first-order valence-corrected chi connectivity index (χ1v) is 10.4. The molecule has 0 saturated heterocycles. The number of furan rings is 1. The van der Waals surface area contributed by atoms with E-state index in [4.69, 9.17) is 9.15 Å². The summed E-state index contributed by atoms with van der Waals surface area (Å²) in [5, 5.41) is 0. The van der Waals surface area contributed by atoms with Crippen LogP contribution >= 0.6 is 15.9 Å². The molecule has 1 aromatic carbocycles. The molecule has 0 amide bonds. The van der Waals surface area contributed by atoms with Gasteiger partial charge in [0, 0.05) is 30.2 Å². The maximum absolute atomic E-state index is 12.6. The number of aromatic nitrogens is 4. The Balaban J connectivity index is 1.93. The van der Waals surface area contributed by atoms with Gasteiger partial charge in [-0.25, -0.2) is 9.78 Å². The average Bonchev–Trinajstić information content (AvgIpc) is 3.35. The van der Waals surface area contributed by atoms with Crippen LogP contribution in [0.4, 0.5) is 0 Å². The molecule has 4 aromatic rings. The predicted molar refractivity (Wildman–Crippen MR) is 118 cm³/mol. The lowest BCUT2D eigenvalue weighted by molar-refractivity contribution is 0.188. The molecule has 156 valence electrons. The van der Waals surface area contributed by atoms with Crippen LogP contribution in [0.2, 0.25) is 0 Å². The van der Waals surface area contributed by atoms with Crippen LogP contribution in [0.15, 0.2) is 54.9 Å². The highest BCUT2D eigenvalue weighted by Gasteiger charge is 2.21. The van der Waals surface area contributed by atoms with Crippen molar-refractivity contribution in [3.8, 4) is 22.9 Å². The number of ether oxygens (including phenoxy) is 1. The summed E-state index contributed by atoms with van der Waals surface area (Å²) in [5.41, 5.74) is 0.633. The van der Waals surface area contributed by atoms with E-state index in [1.807, 2.05) is 43.3 Å². The molecule has 3 aromatic heterocycles.